The molecule has 220 valence electrons. The maximum atomic E-state index is 14.4. The topological polar surface area (TPSA) is 89.7 Å². The number of halogens is 1. The van der Waals surface area contributed by atoms with Crippen LogP contribution in [0.3, 0.4) is 0 Å². The van der Waals surface area contributed by atoms with E-state index in [4.69, 9.17) is 25.9 Å². The number of aromatic carboxylic acids is 1. The van der Waals surface area contributed by atoms with Crippen LogP contribution in [-0.4, -0.2) is 50.4 Å². The fourth-order valence-corrected chi connectivity index (χ4v) is 6.92. The molecule has 3 aliphatic rings. The Bertz CT molecular complexity index is 1710. The number of hydrogen-bond donors (Lipinski definition) is 1. The molecule has 0 amide bonds. The maximum Gasteiger partial charge on any atom is 0.335 e. The van der Waals surface area contributed by atoms with Gasteiger partial charge in [-0.3, -0.25) is 0 Å². The summed E-state index contributed by atoms with van der Waals surface area (Å²) in [7, 11) is 0. The lowest BCUT2D eigenvalue weighted by Crippen LogP contribution is -2.44. The molecule has 2 bridgehead atoms. The van der Waals surface area contributed by atoms with E-state index in [1.165, 1.54) is 6.07 Å². The first kappa shape index (κ1) is 27.4. The van der Waals surface area contributed by atoms with E-state index < -0.39 is 5.97 Å². The molecule has 0 radical (unpaired) electrons. The number of carbonyl (C=O) groups is 1. The number of carboxylic acid groups (broad SMARTS) is 1. The van der Waals surface area contributed by atoms with E-state index in [0.717, 1.165) is 67.8 Å². The van der Waals surface area contributed by atoms with Gasteiger partial charge >= 0.3 is 5.97 Å². The zero-order chi connectivity index (χ0) is 29.5. The molecule has 3 fully saturated rings. The summed E-state index contributed by atoms with van der Waals surface area (Å²) < 4.78 is 28.2. The minimum Gasteiger partial charge on any atom is -0.478 e. The number of terminal acetylenes is 1. The molecule has 3 saturated heterocycles. The van der Waals surface area contributed by atoms with Crippen molar-refractivity contribution in [1.29, 1.82) is 0 Å². The molecule has 2 aromatic carbocycles. The van der Waals surface area contributed by atoms with E-state index in [9.17, 15) is 14.3 Å². The molecule has 4 aromatic rings. The third-order valence-electron chi connectivity index (χ3n) is 9.12. The molecule has 3 aliphatic heterocycles. The van der Waals surface area contributed by atoms with Gasteiger partial charge in [0.05, 0.1) is 29.2 Å². The summed E-state index contributed by atoms with van der Waals surface area (Å²) in [5.41, 5.74) is 2.89. The van der Waals surface area contributed by atoms with E-state index in [-0.39, 0.29) is 24.1 Å². The van der Waals surface area contributed by atoms with E-state index in [1.54, 1.807) is 30.3 Å². The molecule has 0 spiro atoms. The second-order valence-electron chi connectivity index (χ2n) is 11.8. The average molecular weight is 581 g/mol. The summed E-state index contributed by atoms with van der Waals surface area (Å²) in [6.45, 7) is 1.53. The fraction of sp³-hybridized carbons (Fsp3) is 0.382. The monoisotopic (exact) mass is 580 g/mol. The van der Waals surface area contributed by atoms with Crippen molar-refractivity contribution in [3.05, 3.63) is 82.9 Å². The van der Waals surface area contributed by atoms with Gasteiger partial charge in [0.15, 0.2) is 0 Å². The Morgan fingerprint density at radius 1 is 1.09 bits per heavy atom. The van der Waals surface area contributed by atoms with Gasteiger partial charge in [0, 0.05) is 42.3 Å². The van der Waals surface area contributed by atoms with Crippen LogP contribution in [0, 0.1) is 24.1 Å². The van der Waals surface area contributed by atoms with Crippen LogP contribution >= 0.6 is 0 Å². The van der Waals surface area contributed by atoms with Crippen LogP contribution in [0.25, 0.3) is 11.0 Å². The zero-order valence-electron chi connectivity index (χ0n) is 23.8. The van der Waals surface area contributed by atoms with Crippen LogP contribution in [-0.2, 0) is 24.3 Å². The minimum absolute atomic E-state index is 0.0723. The number of carboxylic acids is 1. The number of ether oxygens (including phenoxy) is 2. The number of rotatable bonds is 9. The number of fused-ring (bicyclic) bond motifs is 3. The predicted octanol–water partition coefficient (Wildman–Crippen LogP) is 5.61. The van der Waals surface area contributed by atoms with Gasteiger partial charge in [0.2, 0.25) is 5.88 Å². The lowest BCUT2D eigenvalue weighted by molar-refractivity contribution is -0.0590. The molecule has 43 heavy (non-hydrogen) atoms. The molecule has 8 nitrogen and oxygen atoms in total. The normalized spacial score (nSPS) is 22.7. The van der Waals surface area contributed by atoms with Crippen molar-refractivity contribution in [2.45, 2.75) is 69.9 Å². The van der Waals surface area contributed by atoms with Gasteiger partial charge in [0.1, 0.15) is 24.1 Å². The van der Waals surface area contributed by atoms with Crippen LogP contribution in [0.5, 0.6) is 5.88 Å². The first-order chi connectivity index (χ1) is 20.9. The van der Waals surface area contributed by atoms with Crippen LogP contribution < -0.4 is 9.64 Å². The third-order valence-corrected chi connectivity index (χ3v) is 9.12. The Morgan fingerprint density at radius 2 is 1.91 bits per heavy atom. The number of pyridine rings is 1. The van der Waals surface area contributed by atoms with Gasteiger partial charge in [0.25, 0.3) is 0 Å². The fourth-order valence-electron chi connectivity index (χ4n) is 6.92. The van der Waals surface area contributed by atoms with Crippen LogP contribution in [0.4, 0.5) is 10.2 Å². The highest BCUT2D eigenvalue weighted by atomic mass is 19.1. The Morgan fingerprint density at radius 3 is 2.60 bits per heavy atom. The molecular weight excluding hydrogens is 547 g/mol. The first-order valence-electron chi connectivity index (χ1n) is 14.9. The Kier molecular flexibility index (Phi) is 7.23. The van der Waals surface area contributed by atoms with Gasteiger partial charge in [-0.05, 0) is 74.4 Å². The number of hydrogen-bond acceptors (Lipinski definition) is 6. The summed E-state index contributed by atoms with van der Waals surface area (Å²) in [6, 6.07) is 16.4. The summed E-state index contributed by atoms with van der Waals surface area (Å²) >= 11 is 0. The van der Waals surface area contributed by atoms with E-state index >= 15 is 0 Å². The Labute approximate surface area is 249 Å². The predicted molar refractivity (Wildman–Crippen MR) is 160 cm³/mol. The summed E-state index contributed by atoms with van der Waals surface area (Å²) in [4.78, 5) is 23.9. The van der Waals surface area contributed by atoms with Crippen molar-refractivity contribution >= 4 is 22.8 Å². The molecular formula is C34H33FN4O4. The maximum absolute atomic E-state index is 14.4. The first-order valence-corrected chi connectivity index (χ1v) is 14.9. The standard InChI is InChI=1S/C34H33FN4O4/c1-2-21-6-7-24(28(35)16-21)20-43-33-5-3-4-31(37-33)39-25-9-10-26(39)15-22(14-25)17-32-36-29-11-8-23(34(40)41)18-30(29)38(32)19-27-12-13-42-27/h1,3-8,11,16,18,22,25-27H,9-10,12-15,17,19-20H2,(H,40,41)/t22?,25?,26?,27-/m0/s1. The van der Waals surface area contributed by atoms with E-state index in [2.05, 4.69) is 15.4 Å². The highest BCUT2D eigenvalue weighted by Crippen LogP contribution is 2.42. The third kappa shape index (κ3) is 5.43. The van der Waals surface area contributed by atoms with Crippen molar-refractivity contribution in [3.8, 4) is 18.2 Å². The van der Waals surface area contributed by atoms with Gasteiger partial charge in [-0.1, -0.05) is 18.1 Å². The molecule has 0 saturated carbocycles. The quantitative estimate of drug-likeness (QED) is 0.258. The lowest BCUT2D eigenvalue weighted by atomic mass is 9.88. The minimum atomic E-state index is -0.936. The molecule has 2 unspecified atom stereocenters. The number of anilines is 1. The largest absolute Gasteiger partial charge is 0.478 e. The van der Waals surface area contributed by atoms with Crippen molar-refractivity contribution in [2.24, 2.45) is 5.92 Å². The highest BCUT2D eigenvalue weighted by molar-refractivity contribution is 5.92. The molecule has 0 aliphatic carbocycles. The molecule has 1 N–H and O–H groups in total. The van der Waals surface area contributed by atoms with Crippen LogP contribution in [0.15, 0.2) is 54.6 Å². The lowest BCUT2D eigenvalue weighted by Gasteiger charge is -2.40. The number of imidazole rings is 1. The van der Waals surface area contributed by atoms with Crippen molar-refractivity contribution in [3.63, 3.8) is 0 Å². The van der Waals surface area contributed by atoms with Crippen molar-refractivity contribution in [1.82, 2.24) is 14.5 Å². The second-order valence-corrected chi connectivity index (χ2v) is 11.8. The molecule has 9 heteroatoms. The number of benzene rings is 2. The van der Waals surface area contributed by atoms with Crippen molar-refractivity contribution < 1.29 is 23.8 Å². The highest BCUT2D eigenvalue weighted by Gasteiger charge is 2.42. The number of nitrogens with zero attached hydrogens (tertiary/aromatic N) is 4. The zero-order valence-corrected chi connectivity index (χ0v) is 23.8. The van der Waals surface area contributed by atoms with Gasteiger partial charge in [-0.2, -0.15) is 4.98 Å². The molecule has 2 aromatic heterocycles. The summed E-state index contributed by atoms with van der Waals surface area (Å²) in [6.07, 6.45) is 11.6. The average Bonchev–Trinajstić information content (AvgIpc) is 3.46. The van der Waals surface area contributed by atoms with Crippen LogP contribution in [0.2, 0.25) is 0 Å². The van der Waals surface area contributed by atoms with Gasteiger partial charge in [-0.15, -0.1) is 6.42 Å². The second kappa shape index (κ2) is 11.3. The molecule has 3 atom stereocenters. The Hall–Kier alpha value is -4.42. The Balaban J connectivity index is 1.06. The van der Waals surface area contributed by atoms with E-state index in [1.807, 2.05) is 18.2 Å². The molecule has 5 heterocycles. The van der Waals surface area contributed by atoms with E-state index in [0.29, 0.717) is 41.6 Å². The summed E-state index contributed by atoms with van der Waals surface area (Å²) in [5, 5.41) is 9.56. The van der Waals surface area contributed by atoms with Gasteiger partial charge < -0.3 is 24.0 Å². The molecule has 7 rings (SSSR count). The number of aromatic nitrogens is 3. The van der Waals surface area contributed by atoms with Gasteiger partial charge in [-0.25, -0.2) is 14.2 Å². The van der Waals surface area contributed by atoms with Crippen LogP contribution in [0.1, 0.15) is 59.4 Å². The smallest absolute Gasteiger partial charge is 0.335 e. The van der Waals surface area contributed by atoms with Crippen molar-refractivity contribution in [2.75, 3.05) is 11.5 Å². The number of piperidine rings is 1. The summed E-state index contributed by atoms with van der Waals surface area (Å²) in [5.74, 6) is 3.93. The SMILES string of the molecule is C#Cc1ccc(COc2cccc(N3C4CCC3CC(Cc3nc5ccc(C(=O)O)cc5n3C[C@@H]3CCO3)C4)n2)c(F)c1.